The number of imidazole rings is 1. The molecular weight excluding hydrogens is 358 g/mol. The van der Waals surface area contributed by atoms with Crippen LogP contribution >= 0.6 is 11.3 Å². The first kappa shape index (κ1) is 18.2. The van der Waals surface area contributed by atoms with Crippen LogP contribution in [-0.2, 0) is 29.0 Å². The second-order valence-corrected chi connectivity index (χ2v) is 7.98. The smallest absolute Gasteiger partial charge is 0.242 e. The molecule has 0 aliphatic carbocycles. The quantitative estimate of drug-likeness (QED) is 0.622. The molecule has 1 saturated heterocycles. The SMILES string of the molecule is CCc1nc2ccccc2n1CC(=O)N(Cc1cccs1)CC1CCCO1. The molecule has 6 heteroatoms. The van der Waals surface area contributed by atoms with E-state index in [0.717, 1.165) is 42.7 Å². The van der Waals surface area contributed by atoms with Gasteiger partial charge in [0.15, 0.2) is 0 Å². The predicted octanol–water partition coefficient (Wildman–Crippen LogP) is 3.87. The fourth-order valence-electron chi connectivity index (χ4n) is 3.69. The van der Waals surface area contributed by atoms with E-state index in [4.69, 9.17) is 9.72 Å². The van der Waals surface area contributed by atoms with Crippen molar-refractivity contribution < 1.29 is 9.53 Å². The Kier molecular flexibility index (Phi) is 5.55. The summed E-state index contributed by atoms with van der Waals surface area (Å²) in [6, 6.07) is 12.2. The Morgan fingerprint density at radius 1 is 1.33 bits per heavy atom. The van der Waals surface area contributed by atoms with Gasteiger partial charge in [0, 0.05) is 24.4 Å². The largest absolute Gasteiger partial charge is 0.376 e. The molecule has 5 nitrogen and oxygen atoms in total. The van der Waals surface area contributed by atoms with Crippen LogP contribution in [0.1, 0.15) is 30.5 Å². The zero-order valence-electron chi connectivity index (χ0n) is 15.6. The number of benzene rings is 1. The van der Waals surface area contributed by atoms with E-state index in [1.807, 2.05) is 35.2 Å². The average molecular weight is 384 g/mol. The van der Waals surface area contributed by atoms with Crippen LogP contribution in [0.3, 0.4) is 0 Å². The van der Waals surface area contributed by atoms with Crippen molar-refractivity contribution in [2.24, 2.45) is 0 Å². The molecule has 0 N–H and O–H groups in total. The van der Waals surface area contributed by atoms with Crippen LogP contribution in [0.15, 0.2) is 41.8 Å². The maximum atomic E-state index is 13.3. The summed E-state index contributed by atoms with van der Waals surface area (Å²) in [6.45, 7) is 4.51. The molecule has 1 fully saturated rings. The summed E-state index contributed by atoms with van der Waals surface area (Å²) >= 11 is 1.69. The standard InChI is InChI=1S/C21H25N3O2S/c1-2-20-22-18-9-3-4-10-19(18)24(20)15-21(25)23(13-16-7-5-11-26-16)14-17-8-6-12-27-17/h3-4,6,8-10,12,16H,2,5,7,11,13-15H2,1H3. The van der Waals surface area contributed by atoms with Crippen LogP contribution in [0, 0.1) is 0 Å². The van der Waals surface area contributed by atoms with Gasteiger partial charge in [-0.2, -0.15) is 0 Å². The molecule has 3 heterocycles. The molecule has 0 radical (unpaired) electrons. The molecule has 1 aliphatic heterocycles. The van der Waals surface area contributed by atoms with Crippen molar-refractivity contribution in [3.63, 3.8) is 0 Å². The fraction of sp³-hybridized carbons (Fsp3) is 0.429. The molecule has 0 saturated carbocycles. The lowest BCUT2D eigenvalue weighted by atomic mass is 10.2. The van der Waals surface area contributed by atoms with Gasteiger partial charge in [-0.15, -0.1) is 11.3 Å². The number of para-hydroxylation sites is 2. The number of aromatic nitrogens is 2. The Morgan fingerprint density at radius 2 is 2.22 bits per heavy atom. The Bertz CT molecular complexity index is 897. The van der Waals surface area contributed by atoms with Crippen molar-refractivity contribution >= 4 is 28.3 Å². The maximum Gasteiger partial charge on any atom is 0.242 e. The minimum atomic E-state index is 0.122. The molecule has 1 amide bonds. The average Bonchev–Trinajstić information content (AvgIpc) is 3.43. The van der Waals surface area contributed by atoms with E-state index in [1.165, 1.54) is 4.88 Å². The summed E-state index contributed by atoms with van der Waals surface area (Å²) in [4.78, 5) is 21.1. The Balaban J connectivity index is 1.57. The van der Waals surface area contributed by atoms with Crippen molar-refractivity contribution in [3.8, 4) is 0 Å². The number of nitrogens with zero attached hydrogens (tertiary/aromatic N) is 3. The third-order valence-corrected chi connectivity index (χ3v) is 5.93. The van der Waals surface area contributed by atoms with Crippen LogP contribution in [0.2, 0.25) is 0 Å². The van der Waals surface area contributed by atoms with Crippen LogP contribution in [0.25, 0.3) is 11.0 Å². The van der Waals surface area contributed by atoms with Gasteiger partial charge in [-0.05, 0) is 36.4 Å². The lowest BCUT2D eigenvalue weighted by Crippen LogP contribution is -2.38. The highest BCUT2D eigenvalue weighted by Gasteiger charge is 2.24. The second kappa shape index (κ2) is 8.23. The maximum absolute atomic E-state index is 13.3. The van der Waals surface area contributed by atoms with E-state index in [2.05, 4.69) is 22.9 Å². The molecule has 2 aromatic heterocycles. The van der Waals surface area contributed by atoms with Crippen LogP contribution in [0.4, 0.5) is 0 Å². The van der Waals surface area contributed by atoms with E-state index in [-0.39, 0.29) is 12.0 Å². The Labute approximate surface area is 163 Å². The molecule has 4 rings (SSSR count). The van der Waals surface area contributed by atoms with Gasteiger partial charge in [0.1, 0.15) is 12.4 Å². The summed E-state index contributed by atoms with van der Waals surface area (Å²) in [5.74, 6) is 1.08. The number of carbonyl (C=O) groups is 1. The Morgan fingerprint density at radius 3 is 2.96 bits per heavy atom. The third kappa shape index (κ3) is 4.06. The molecule has 1 aromatic carbocycles. The van der Waals surface area contributed by atoms with Gasteiger partial charge < -0.3 is 14.2 Å². The monoisotopic (exact) mass is 383 g/mol. The van der Waals surface area contributed by atoms with Gasteiger partial charge in [-0.25, -0.2) is 4.98 Å². The number of hydrogen-bond acceptors (Lipinski definition) is 4. The molecular formula is C21H25N3O2S. The highest BCUT2D eigenvalue weighted by atomic mass is 32.1. The highest BCUT2D eigenvalue weighted by molar-refractivity contribution is 7.09. The molecule has 3 aromatic rings. The predicted molar refractivity (Wildman–Crippen MR) is 108 cm³/mol. The van der Waals surface area contributed by atoms with Gasteiger partial charge in [-0.3, -0.25) is 4.79 Å². The third-order valence-electron chi connectivity index (χ3n) is 5.07. The van der Waals surface area contributed by atoms with Gasteiger partial charge in [-0.1, -0.05) is 25.1 Å². The number of amides is 1. The lowest BCUT2D eigenvalue weighted by Gasteiger charge is -2.25. The number of hydrogen-bond donors (Lipinski definition) is 0. The molecule has 0 spiro atoms. The van der Waals surface area contributed by atoms with E-state index in [9.17, 15) is 4.79 Å². The highest BCUT2D eigenvalue weighted by Crippen LogP contribution is 2.20. The summed E-state index contributed by atoms with van der Waals surface area (Å²) < 4.78 is 7.86. The molecule has 142 valence electrons. The second-order valence-electron chi connectivity index (χ2n) is 6.95. The van der Waals surface area contributed by atoms with Gasteiger partial charge in [0.2, 0.25) is 5.91 Å². The fourth-order valence-corrected chi connectivity index (χ4v) is 4.41. The van der Waals surface area contributed by atoms with Gasteiger partial charge >= 0.3 is 0 Å². The molecule has 0 bridgehead atoms. The molecule has 1 unspecified atom stereocenters. The van der Waals surface area contributed by atoms with E-state index in [0.29, 0.717) is 19.6 Å². The zero-order chi connectivity index (χ0) is 18.6. The minimum absolute atomic E-state index is 0.122. The molecule has 1 atom stereocenters. The summed E-state index contributed by atoms with van der Waals surface area (Å²) in [7, 11) is 0. The summed E-state index contributed by atoms with van der Waals surface area (Å²) in [5, 5.41) is 2.06. The van der Waals surface area contributed by atoms with E-state index in [1.54, 1.807) is 11.3 Å². The number of ether oxygens (including phenoxy) is 1. The number of carbonyl (C=O) groups excluding carboxylic acids is 1. The first-order chi connectivity index (χ1) is 13.2. The van der Waals surface area contributed by atoms with Crippen LogP contribution < -0.4 is 0 Å². The van der Waals surface area contributed by atoms with Gasteiger partial charge in [0.25, 0.3) is 0 Å². The minimum Gasteiger partial charge on any atom is -0.376 e. The Hall–Kier alpha value is -2.18. The number of aryl methyl sites for hydroxylation is 1. The normalized spacial score (nSPS) is 16.9. The van der Waals surface area contributed by atoms with Crippen molar-refractivity contribution in [2.75, 3.05) is 13.2 Å². The van der Waals surface area contributed by atoms with Crippen LogP contribution in [0.5, 0.6) is 0 Å². The lowest BCUT2D eigenvalue weighted by molar-refractivity contribution is -0.134. The number of thiophene rings is 1. The number of rotatable bonds is 7. The van der Waals surface area contributed by atoms with Crippen molar-refractivity contribution in [3.05, 3.63) is 52.5 Å². The molecule has 27 heavy (non-hydrogen) atoms. The van der Waals surface area contributed by atoms with E-state index < -0.39 is 0 Å². The number of fused-ring (bicyclic) bond motifs is 1. The van der Waals surface area contributed by atoms with E-state index >= 15 is 0 Å². The zero-order valence-corrected chi connectivity index (χ0v) is 16.5. The van der Waals surface area contributed by atoms with Crippen LogP contribution in [-0.4, -0.2) is 39.6 Å². The van der Waals surface area contributed by atoms with Crippen molar-refractivity contribution in [1.82, 2.24) is 14.5 Å². The molecule has 1 aliphatic rings. The van der Waals surface area contributed by atoms with Crippen molar-refractivity contribution in [1.29, 1.82) is 0 Å². The summed E-state index contributed by atoms with van der Waals surface area (Å²) in [5.41, 5.74) is 1.97. The van der Waals surface area contributed by atoms with Gasteiger partial charge in [0.05, 0.1) is 23.7 Å². The van der Waals surface area contributed by atoms with Crippen molar-refractivity contribution in [2.45, 2.75) is 45.4 Å². The first-order valence-corrected chi connectivity index (χ1v) is 10.5. The summed E-state index contributed by atoms with van der Waals surface area (Å²) in [6.07, 6.45) is 3.07. The first-order valence-electron chi connectivity index (χ1n) is 9.60. The topological polar surface area (TPSA) is 47.4 Å².